The van der Waals surface area contributed by atoms with Crippen molar-refractivity contribution in [1.29, 1.82) is 5.26 Å². The highest BCUT2D eigenvalue weighted by atomic mass is 16.5. The predicted molar refractivity (Wildman–Crippen MR) is 119 cm³/mol. The summed E-state index contributed by atoms with van der Waals surface area (Å²) in [7, 11) is 1.58. The van der Waals surface area contributed by atoms with Gasteiger partial charge in [-0.3, -0.25) is 9.59 Å². The van der Waals surface area contributed by atoms with E-state index in [1.807, 2.05) is 6.92 Å². The Bertz CT molecular complexity index is 992. The summed E-state index contributed by atoms with van der Waals surface area (Å²) in [5.41, 5.74) is 1.85. The zero-order chi connectivity index (χ0) is 23.1. The summed E-state index contributed by atoms with van der Waals surface area (Å²) in [6, 6.07) is 10.7. The molecule has 1 heterocycles. The molecule has 0 unspecified atom stereocenters. The Balaban J connectivity index is 1.54. The van der Waals surface area contributed by atoms with Crippen molar-refractivity contribution in [3.05, 3.63) is 53.2 Å². The molecule has 168 valence electrons. The number of methoxy groups -OCH3 is 1. The number of carboxylic acids is 1. The maximum absolute atomic E-state index is 12.5. The Morgan fingerprint density at radius 1 is 1.25 bits per heavy atom. The first-order valence-corrected chi connectivity index (χ1v) is 10.7. The molecule has 1 amide bonds. The van der Waals surface area contributed by atoms with Crippen LogP contribution in [0.1, 0.15) is 60.1 Å². The van der Waals surface area contributed by atoms with Gasteiger partial charge >= 0.3 is 5.97 Å². The number of hydrogen-bond donors (Lipinski definition) is 3. The van der Waals surface area contributed by atoms with E-state index in [-0.39, 0.29) is 17.9 Å². The largest absolute Gasteiger partial charge is 0.496 e. The van der Waals surface area contributed by atoms with E-state index in [9.17, 15) is 9.59 Å². The summed E-state index contributed by atoms with van der Waals surface area (Å²) < 4.78 is 5.40. The Kier molecular flexibility index (Phi) is 7.66. The fourth-order valence-electron chi connectivity index (χ4n) is 4.01. The first-order chi connectivity index (χ1) is 15.4. The van der Waals surface area contributed by atoms with Crippen LogP contribution >= 0.6 is 0 Å². The fraction of sp³-hybridized carbons (Fsp3) is 0.417. The number of nitrogens with one attached hydrogen (secondary N) is 2. The van der Waals surface area contributed by atoms with Crippen molar-refractivity contribution < 1.29 is 19.4 Å². The van der Waals surface area contributed by atoms with Crippen LogP contribution in [0.2, 0.25) is 0 Å². The lowest BCUT2D eigenvalue weighted by molar-refractivity contribution is -0.143. The molecule has 1 aromatic carbocycles. The molecule has 1 aromatic heterocycles. The van der Waals surface area contributed by atoms with Gasteiger partial charge in [0.15, 0.2) is 0 Å². The van der Waals surface area contributed by atoms with Gasteiger partial charge in [-0.15, -0.1) is 0 Å². The number of hydrogen-bond acceptors (Lipinski definition) is 6. The Labute approximate surface area is 187 Å². The Morgan fingerprint density at radius 2 is 2.00 bits per heavy atom. The topological polar surface area (TPSA) is 124 Å². The third-order valence-electron chi connectivity index (χ3n) is 5.96. The van der Waals surface area contributed by atoms with E-state index in [1.54, 1.807) is 37.4 Å². The predicted octanol–water partition coefficient (Wildman–Crippen LogP) is 3.76. The van der Waals surface area contributed by atoms with Gasteiger partial charge in [0.1, 0.15) is 11.6 Å². The van der Waals surface area contributed by atoms with Gasteiger partial charge in [-0.2, -0.15) is 5.26 Å². The lowest BCUT2D eigenvalue weighted by atomic mass is 9.82. The van der Waals surface area contributed by atoms with E-state index >= 15 is 0 Å². The number of ether oxygens (including phenoxy) is 1. The van der Waals surface area contributed by atoms with Gasteiger partial charge in [0.25, 0.3) is 5.91 Å². The Hall–Kier alpha value is -3.60. The van der Waals surface area contributed by atoms with Crippen molar-refractivity contribution in [2.75, 3.05) is 19.0 Å². The molecule has 1 atom stereocenters. The average molecular weight is 437 g/mol. The number of carboxylic acid groups (broad SMARTS) is 1. The second-order valence-electron chi connectivity index (χ2n) is 8.13. The highest BCUT2D eigenvalue weighted by Crippen LogP contribution is 2.29. The molecule has 1 saturated carbocycles. The normalized spacial score (nSPS) is 18.8. The van der Waals surface area contributed by atoms with E-state index in [0.29, 0.717) is 48.0 Å². The van der Waals surface area contributed by atoms with Crippen LogP contribution in [0.5, 0.6) is 5.75 Å². The summed E-state index contributed by atoms with van der Waals surface area (Å²) in [5, 5.41) is 24.4. The minimum Gasteiger partial charge on any atom is -0.496 e. The van der Waals surface area contributed by atoms with E-state index in [0.717, 1.165) is 18.4 Å². The molecule has 0 bridgehead atoms. The standard InChI is InChI=1S/C24H28N4O4/c1-15(20-11-17(12-25)5-9-21(20)32-2)28-22-10-8-19(14-26-22)23(29)27-13-16-3-6-18(7-4-16)24(30)31/h5,8-11,14-16,18H,3-4,6-7,13H2,1-2H3,(H,26,28)(H,27,29)(H,30,31)/t15-,16?,18?/m0/s1. The molecule has 3 N–H and O–H groups in total. The van der Waals surface area contributed by atoms with Gasteiger partial charge in [-0.1, -0.05) is 0 Å². The number of benzene rings is 1. The Morgan fingerprint density at radius 3 is 2.59 bits per heavy atom. The zero-order valence-electron chi connectivity index (χ0n) is 18.3. The van der Waals surface area contributed by atoms with Crippen molar-refractivity contribution >= 4 is 17.7 Å². The molecular formula is C24H28N4O4. The lowest BCUT2D eigenvalue weighted by Gasteiger charge is -2.26. The molecule has 0 aliphatic heterocycles. The van der Waals surface area contributed by atoms with Crippen LogP contribution in [0.3, 0.4) is 0 Å². The molecule has 0 radical (unpaired) electrons. The first kappa shape index (κ1) is 23.1. The minimum absolute atomic E-state index is 0.161. The van der Waals surface area contributed by atoms with Crippen LogP contribution in [0.15, 0.2) is 36.5 Å². The van der Waals surface area contributed by atoms with Crippen LogP contribution in [0, 0.1) is 23.2 Å². The molecule has 32 heavy (non-hydrogen) atoms. The number of aliphatic carboxylic acids is 1. The monoisotopic (exact) mass is 436 g/mol. The van der Waals surface area contributed by atoms with Crippen LogP contribution < -0.4 is 15.4 Å². The minimum atomic E-state index is -0.724. The van der Waals surface area contributed by atoms with Gasteiger partial charge in [0.05, 0.1) is 36.3 Å². The van der Waals surface area contributed by atoms with Gasteiger partial charge < -0.3 is 20.5 Å². The van der Waals surface area contributed by atoms with Crippen LogP contribution in [-0.2, 0) is 4.79 Å². The first-order valence-electron chi connectivity index (χ1n) is 10.7. The molecule has 8 heteroatoms. The number of aromatic nitrogens is 1. The smallest absolute Gasteiger partial charge is 0.306 e. The third-order valence-corrected chi connectivity index (χ3v) is 5.96. The average Bonchev–Trinajstić information content (AvgIpc) is 2.82. The molecule has 0 spiro atoms. The van der Waals surface area contributed by atoms with Crippen molar-refractivity contribution in [3.63, 3.8) is 0 Å². The third kappa shape index (κ3) is 5.76. The molecule has 3 rings (SSSR count). The van der Waals surface area contributed by atoms with Gasteiger partial charge in [0.2, 0.25) is 0 Å². The van der Waals surface area contributed by atoms with E-state index in [4.69, 9.17) is 15.1 Å². The molecular weight excluding hydrogens is 408 g/mol. The summed E-state index contributed by atoms with van der Waals surface area (Å²) in [5.74, 6) is 0.417. The maximum Gasteiger partial charge on any atom is 0.306 e. The van der Waals surface area contributed by atoms with Crippen LogP contribution in [-0.4, -0.2) is 35.6 Å². The maximum atomic E-state index is 12.5. The molecule has 0 saturated heterocycles. The van der Waals surface area contributed by atoms with Crippen LogP contribution in [0.4, 0.5) is 5.82 Å². The zero-order valence-corrected chi connectivity index (χ0v) is 18.3. The number of nitriles is 1. The van der Waals surface area contributed by atoms with Gasteiger partial charge in [0, 0.05) is 18.3 Å². The fourth-order valence-corrected chi connectivity index (χ4v) is 4.01. The SMILES string of the molecule is COc1ccc(C#N)cc1[C@H](C)Nc1ccc(C(=O)NCC2CCC(C(=O)O)CC2)cn1. The summed E-state index contributed by atoms with van der Waals surface area (Å²) in [4.78, 5) is 27.8. The number of anilines is 1. The summed E-state index contributed by atoms with van der Waals surface area (Å²) in [6.45, 7) is 2.48. The van der Waals surface area contributed by atoms with E-state index in [2.05, 4.69) is 21.7 Å². The summed E-state index contributed by atoms with van der Waals surface area (Å²) >= 11 is 0. The van der Waals surface area contributed by atoms with E-state index < -0.39 is 5.97 Å². The molecule has 1 fully saturated rings. The molecule has 8 nitrogen and oxygen atoms in total. The number of carbonyl (C=O) groups is 2. The number of nitrogens with zero attached hydrogens (tertiary/aromatic N) is 2. The molecule has 1 aliphatic carbocycles. The van der Waals surface area contributed by atoms with Crippen molar-refractivity contribution in [3.8, 4) is 11.8 Å². The highest BCUT2D eigenvalue weighted by Gasteiger charge is 2.26. The molecule has 1 aliphatic rings. The number of carbonyl (C=O) groups excluding carboxylic acids is 1. The number of amides is 1. The lowest BCUT2D eigenvalue weighted by Crippen LogP contribution is -2.32. The van der Waals surface area contributed by atoms with Crippen molar-refractivity contribution in [1.82, 2.24) is 10.3 Å². The number of pyridine rings is 1. The highest BCUT2D eigenvalue weighted by molar-refractivity contribution is 5.94. The molecule has 2 aromatic rings. The van der Waals surface area contributed by atoms with Crippen LogP contribution in [0.25, 0.3) is 0 Å². The number of rotatable bonds is 8. The quantitative estimate of drug-likeness (QED) is 0.575. The van der Waals surface area contributed by atoms with Crippen molar-refractivity contribution in [2.45, 2.75) is 38.6 Å². The van der Waals surface area contributed by atoms with E-state index in [1.165, 1.54) is 6.20 Å². The second kappa shape index (κ2) is 10.6. The van der Waals surface area contributed by atoms with Gasteiger partial charge in [-0.25, -0.2) is 4.98 Å². The summed E-state index contributed by atoms with van der Waals surface area (Å²) in [6.07, 6.45) is 4.48. The van der Waals surface area contributed by atoms with Crippen molar-refractivity contribution in [2.24, 2.45) is 11.8 Å². The van der Waals surface area contributed by atoms with Gasteiger partial charge in [-0.05, 0) is 68.9 Å². The second-order valence-corrected chi connectivity index (χ2v) is 8.13.